The van der Waals surface area contributed by atoms with Gasteiger partial charge in [-0.15, -0.1) is 0 Å². The number of carboxylic acids is 1. The van der Waals surface area contributed by atoms with E-state index in [1.807, 2.05) is 6.92 Å². The number of carboxylic acid groups (broad SMARTS) is 1. The highest BCUT2D eigenvalue weighted by Crippen LogP contribution is 2.11. The van der Waals surface area contributed by atoms with Crippen molar-refractivity contribution in [2.75, 3.05) is 0 Å². The Bertz CT molecular complexity index is 699. The Kier molecular flexibility index (Phi) is 4.82. The first kappa shape index (κ1) is 15.6. The van der Waals surface area contributed by atoms with Gasteiger partial charge < -0.3 is 10.4 Å². The maximum atomic E-state index is 13.8. The van der Waals surface area contributed by atoms with Crippen molar-refractivity contribution >= 4 is 11.9 Å². The Morgan fingerprint density at radius 3 is 2.82 bits per heavy atom. The number of aryl methyl sites for hydroxylation is 1. The third kappa shape index (κ3) is 3.46. The number of hydrogen-bond donors (Lipinski definition) is 2. The third-order valence-corrected chi connectivity index (χ3v) is 3.00. The lowest BCUT2D eigenvalue weighted by Gasteiger charge is -2.07. The number of nitrogens with zero attached hydrogens (tertiary/aromatic N) is 3. The maximum absolute atomic E-state index is 13.8. The highest BCUT2D eigenvalue weighted by molar-refractivity contribution is 5.96. The second-order valence-electron chi connectivity index (χ2n) is 4.58. The molecule has 2 rings (SSSR count). The van der Waals surface area contributed by atoms with E-state index in [1.54, 1.807) is 4.68 Å². The molecule has 1 heterocycles. The van der Waals surface area contributed by atoms with Gasteiger partial charge >= 0.3 is 5.97 Å². The molecule has 1 amide bonds. The van der Waals surface area contributed by atoms with Crippen LogP contribution in [-0.4, -0.2) is 31.7 Å². The molecular formula is C14H15FN4O3. The highest BCUT2D eigenvalue weighted by Gasteiger charge is 2.15. The number of nitrogens with one attached hydrogen (secondary N) is 1. The van der Waals surface area contributed by atoms with Crippen LogP contribution in [-0.2, 0) is 13.1 Å². The molecule has 116 valence electrons. The molecule has 8 heteroatoms. The van der Waals surface area contributed by atoms with Gasteiger partial charge in [0.2, 0.25) is 0 Å². The normalized spacial score (nSPS) is 10.5. The number of hydrogen-bond acceptors (Lipinski definition) is 4. The van der Waals surface area contributed by atoms with Gasteiger partial charge in [-0.1, -0.05) is 6.92 Å². The Balaban J connectivity index is 2.06. The third-order valence-electron chi connectivity index (χ3n) is 3.00. The topological polar surface area (TPSA) is 97.1 Å². The van der Waals surface area contributed by atoms with Crippen molar-refractivity contribution in [1.82, 2.24) is 20.1 Å². The van der Waals surface area contributed by atoms with Gasteiger partial charge in [-0.2, -0.15) is 5.10 Å². The number of carbonyl (C=O) groups excluding carboxylic acids is 1. The maximum Gasteiger partial charge on any atom is 0.335 e. The average molecular weight is 306 g/mol. The smallest absolute Gasteiger partial charge is 0.335 e. The van der Waals surface area contributed by atoms with Gasteiger partial charge in [0.15, 0.2) is 0 Å². The van der Waals surface area contributed by atoms with E-state index in [1.165, 1.54) is 12.4 Å². The fourth-order valence-corrected chi connectivity index (χ4v) is 1.91. The molecule has 0 aliphatic heterocycles. The standard InChI is InChI=1S/C14H15FN4O3/c1-2-5-19-12(17-8-18-19)7-16-13(20)10-4-3-9(14(21)22)6-11(10)15/h3-4,6,8H,2,5,7H2,1H3,(H,16,20)(H,21,22). The fraction of sp³-hybridized carbons (Fsp3) is 0.286. The molecule has 0 radical (unpaired) electrons. The summed E-state index contributed by atoms with van der Waals surface area (Å²) in [5.41, 5.74) is -0.428. The molecule has 0 aliphatic rings. The summed E-state index contributed by atoms with van der Waals surface area (Å²) in [5.74, 6) is -2.20. The minimum atomic E-state index is -1.25. The van der Waals surface area contributed by atoms with Crippen molar-refractivity contribution in [2.45, 2.75) is 26.4 Å². The number of carbonyl (C=O) groups is 2. The summed E-state index contributed by atoms with van der Waals surface area (Å²) in [4.78, 5) is 26.7. The van der Waals surface area contributed by atoms with Gasteiger partial charge in [-0.3, -0.25) is 4.79 Å². The Morgan fingerprint density at radius 2 is 2.18 bits per heavy atom. The van der Waals surface area contributed by atoms with Crippen LogP contribution in [0.5, 0.6) is 0 Å². The molecule has 0 saturated heterocycles. The lowest BCUT2D eigenvalue weighted by atomic mass is 10.1. The molecule has 1 aromatic heterocycles. The predicted octanol–water partition coefficient (Wildman–Crippen LogP) is 1.46. The quantitative estimate of drug-likeness (QED) is 0.842. The van der Waals surface area contributed by atoms with E-state index in [-0.39, 0.29) is 17.7 Å². The zero-order valence-corrected chi connectivity index (χ0v) is 11.9. The summed E-state index contributed by atoms with van der Waals surface area (Å²) in [6.07, 6.45) is 2.26. The minimum Gasteiger partial charge on any atom is -0.478 e. The molecule has 0 spiro atoms. The number of halogens is 1. The van der Waals surface area contributed by atoms with Crippen molar-refractivity contribution in [1.29, 1.82) is 0 Å². The molecule has 0 fully saturated rings. The zero-order valence-electron chi connectivity index (χ0n) is 11.9. The van der Waals surface area contributed by atoms with Crippen LogP contribution in [0, 0.1) is 5.82 Å². The van der Waals surface area contributed by atoms with Crippen molar-refractivity contribution < 1.29 is 19.1 Å². The molecule has 0 saturated carbocycles. The molecule has 0 unspecified atom stereocenters. The largest absolute Gasteiger partial charge is 0.478 e. The number of aromatic nitrogens is 3. The Morgan fingerprint density at radius 1 is 1.41 bits per heavy atom. The van der Waals surface area contributed by atoms with E-state index in [2.05, 4.69) is 15.4 Å². The summed E-state index contributed by atoms with van der Waals surface area (Å²) in [6.45, 7) is 2.77. The van der Waals surface area contributed by atoms with Crippen LogP contribution in [0.4, 0.5) is 4.39 Å². The molecule has 0 atom stereocenters. The number of rotatable bonds is 6. The van der Waals surface area contributed by atoms with Gasteiger partial charge in [-0.05, 0) is 24.6 Å². The summed E-state index contributed by atoms with van der Waals surface area (Å²) < 4.78 is 15.4. The van der Waals surface area contributed by atoms with Gasteiger partial charge in [-0.25, -0.2) is 18.9 Å². The first-order valence-corrected chi connectivity index (χ1v) is 6.70. The predicted molar refractivity (Wildman–Crippen MR) is 74.8 cm³/mol. The summed E-state index contributed by atoms with van der Waals surface area (Å²) in [6, 6.07) is 3.14. The number of amides is 1. The van der Waals surface area contributed by atoms with Crippen LogP contribution in [0.15, 0.2) is 24.5 Å². The Hall–Kier alpha value is -2.77. The van der Waals surface area contributed by atoms with Gasteiger partial charge in [0.1, 0.15) is 18.0 Å². The molecule has 1 aromatic carbocycles. The molecule has 2 N–H and O–H groups in total. The molecule has 7 nitrogen and oxygen atoms in total. The van der Waals surface area contributed by atoms with Crippen molar-refractivity contribution in [2.24, 2.45) is 0 Å². The first-order valence-electron chi connectivity index (χ1n) is 6.70. The summed E-state index contributed by atoms with van der Waals surface area (Å²) in [5, 5.41) is 15.3. The van der Waals surface area contributed by atoms with Crippen LogP contribution < -0.4 is 5.32 Å². The molecule has 0 bridgehead atoms. The fourth-order valence-electron chi connectivity index (χ4n) is 1.91. The minimum absolute atomic E-state index is 0.110. The van der Waals surface area contributed by atoms with E-state index >= 15 is 0 Å². The highest BCUT2D eigenvalue weighted by atomic mass is 19.1. The monoisotopic (exact) mass is 306 g/mol. The van der Waals surface area contributed by atoms with E-state index in [9.17, 15) is 14.0 Å². The molecule has 22 heavy (non-hydrogen) atoms. The number of benzene rings is 1. The molecule has 2 aromatic rings. The summed E-state index contributed by atoms with van der Waals surface area (Å²) in [7, 11) is 0. The van der Waals surface area contributed by atoms with Crippen LogP contribution in [0.25, 0.3) is 0 Å². The van der Waals surface area contributed by atoms with Crippen LogP contribution in [0.2, 0.25) is 0 Å². The second-order valence-corrected chi connectivity index (χ2v) is 4.58. The van der Waals surface area contributed by atoms with E-state index in [0.717, 1.165) is 18.6 Å². The van der Waals surface area contributed by atoms with Gasteiger partial charge in [0.25, 0.3) is 5.91 Å². The van der Waals surface area contributed by atoms with Gasteiger partial charge in [0.05, 0.1) is 17.7 Å². The first-order chi connectivity index (χ1) is 10.5. The van der Waals surface area contributed by atoms with Crippen LogP contribution >= 0.6 is 0 Å². The van der Waals surface area contributed by atoms with Crippen molar-refractivity contribution in [3.05, 3.63) is 47.3 Å². The van der Waals surface area contributed by atoms with Crippen molar-refractivity contribution in [3.8, 4) is 0 Å². The molecular weight excluding hydrogens is 291 g/mol. The zero-order chi connectivity index (χ0) is 16.1. The lowest BCUT2D eigenvalue weighted by Crippen LogP contribution is -2.26. The number of aromatic carboxylic acids is 1. The van der Waals surface area contributed by atoms with E-state index in [4.69, 9.17) is 5.11 Å². The van der Waals surface area contributed by atoms with Crippen LogP contribution in [0.1, 0.15) is 39.9 Å². The SMILES string of the molecule is CCCn1ncnc1CNC(=O)c1ccc(C(=O)O)cc1F. The van der Waals surface area contributed by atoms with E-state index < -0.39 is 17.7 Å². The second kappa shape index (κ2) is 6.79. The van der Waals surface area contributed by atoms with Crippen molar-refractivity contribution in [3.63, 3.8) is 0 Å². The molecule has 0 aliphatic carbocycles. The van der Waals surface area contributed by atoms with Crippen LogP contribution in [0.3, 0.4) is 0 Å². The summed E-state index contributed by atoms with van der Waals surface area (Å²) >= 11 is 0. The van der Waals surface area contributed by atoms with E-state index in [0.29, 0.717) is 12.4 Å². The average Bonchev–Trinajstić information content (AvgIpc) is 2.92. The Labute approximate surface area is 125 Å². The lowest BCUT2D eigenvalue weighted by molar-refractivity contribution is 0.0695. The van der Waals surface area contributed by atoms with Gasteiger partial charge in [0, 0.05) is 6.54 Å².